The van der Waals surface area contributed by atoms with E-state index in [4.69, 9.17) is 9.84 Å². The zero-order chi connectivity index (χ0) is 11.2. The molecule has 0 spiro atoms. The number of carboxylic acids is 1. The molecule has 0 aliphatic rings. The Morgan fingerprint density at radius 1 is 1.36 bits per heavy atom. The Morgan fingerprint density at radius 2 is 1.86 bits per heavy atom. The van der Waals surface area contributed by atoms with Gasteiger partial charge < -0.3 is 9.84 Å². The molecule has 3 heteroatoms. The summed E-state index contributed by atoms with van der Waals surface area (Å²) in [5, 5.41) is 8.84. The van der Waals surface area contributed by atoms with Crippen LogP contribution in [0.3, 0.4) is 0 Å². The number of hydrogen-bond donors (Lipinski definition) is 1. The van der Waals surface area contributed by atoms with Gasteiger partial charge in [-0.3, -0.25) is 4.79 Å². The maximum atomic E-state index is 10.8. The van der Waals surface area contributed by atoms with Crippen molar-refractivity contribution in [2.75, 3.05) is 13.2 Å². The lowest BCUT2D eigenvalue weighted by molar-refractivity contribution is -0.150. The molecule has 0 rings (SSSR count). The molecule has 84 valence electrons. The van der Waals surface area contributed by atoms with E-state index in [2.05, 4.69) is 13.8 Å². The molecule has 0 aliphatic heterocycles. The third-order valence-electron chi connectivity index (χ3n) is 2.55. The predicted molar refractivity (Wildman–Crippen MR) is 56.3 cm³/mol. The van der Waals surface area contributed by atoms with E-state index in [1.54, 1.807) is 13.8 Å². The highest BCUT2D eigenvalue weighted by Gasteiger charge is 2.27. The zero-order valence-electron chi connectivity index (χ0n) is 9.67. The summed E-state index contributed by atoms with van der Waals surface area (Å²) >= 11 is 0. The summed E-state index contributed by atoms with van der Waals surface area (Å²) in [6.07, 6.45) is 2.17. The van der Waals surface area contributed by atoms with Gasteiger partial charge in [-0.25, -0.2) is 0 Å². The SMILES string of the molecule is CCC(CC)COCC(C)(C)C(=O)O. The average Bonchev–Trinajstić information content (AvgIpc) is 2.12. The van der Waals surface area contributed by atoms with Gasteiger partial charge >= 0.3 is 5.97 Å². The summed E-state index contributed by atoms with van der Waals surface area (Å²) in [6.45, 7) is 8.58. The molecule has 14 heavy (non-hydrogen) atoms. The van der Waals surface area contributed by atoms with Gasteiger partial charge in [-0.1, -0.05) is 26.7 Å². The van der Waals surface area contributed by atoms with Crippen LogP contribution in [0.25, 0.3) is 0 Å². The lowest BCUT2D eigenvalue weighted by Gasteiger charge is -2.20. The third kappa shape index (κ3) is 4.61. The topological polar surface area (TPSA) is 46.5 Å². The first kappa shape index (κ1) is 13.4. The summed E-state index contributed by atoms with van der Waals surface area (Å²) in [5.74, 6) is -0.248. The van der Waals surface area contributed by atoms with Crippen LogP contribution in [0.2, 0.25) is 0 Å². The minimum atomic E-state index is -0.804. The van der Waals surface area contributed by atoms with E-state index in [1.165, 1.54) is 0 Å². The molecule has 0 atom stereocenters. The highest BCUT2D eigenvalue weighted by molar-refractivity contribution is 5.73. The third-order valence-corrected chi connectivity index (χ3v) is 2.55. The molecular formula is C11H22O3. The van der Waals surface area contributed by atoms with Gasteiger partial charge in [0.1, 0.15) is 0 Å². The van der Waals surface area contributed by atoms with Crippen molar-refractivity contribution in [1.29, 1.82) is 0 Å². The van der Waals surface area contributed by atoms with Gasteiger partial charge in [0.15, 0.2) is 0 Å². The number of rotatable bonds is 7. The Bertz CT molecular complexity index is 171. The largest absolute Gasteiger partial charge is 0.481 e. The average molecular weight is 202 g/mol. The molecule has 0 aromatic rings. The molecule has 0 aliphatic carbocycles. The predicted octanol–water partition coefficient (Wildman–Crippen LogP) is 2.55. The summed E-state index contributed by atoms with van der Waals surface area (Å²) < 4.78 is 5.42. The van der Waals surface area contributed by atoms with Crippen molar-refractivity contribution >= 4 is 5.97 Å². The molecule has 0 amide bonds. The van der Waals surface area contributed by atoms with Crippen molar-refractivity contribution in [1.82, 2.24) is 0 Å². The van der Waals surface area contributed by atoms with E-state index in [0.29, 0.717) is 19.1 Å². The highest BCUT2D eigenvalue weighted by Crippen LogP contribution is 2.17. The summed E-state index contributed by atoms with van der Waals surface area (Å²) in [5.41, 5.74) is -0.772. The lowest BCUT2D eigenvalue weighted by atomic mass is 9.95. The second kappa shape index (κ2) is 6.02. The first-order valence-corrected chi connectivity index (χ1v) is 5.25. The standard InChI is InChI=1S/C11H22O3/c1-5-9(6-2)7-14-8-11(3,4)10(12)13/h9H,5-8H2,1-4H3,(H,12,13). The first-order chi connectivity index (χ1) is 6.44. The van der Waals surface area contributed by atoms with Crippen LogP contribution in [0, 0.1) is 11.3 Å². The van der Waals surface area contributed by atoms with E-state index in [1.807, 2.05) is 0 Å². The fourth-order valence-electron chi connectivity index (χ4n) is 1.07. The fraction of sp³-hybridized carbons (Fsp3) is 0.909. The molecule has 1 N–H and O–H groups in total. The van der Waals surface area contributed by atoms with Gasteiger partial charge in [-0.15, -0.1) is 0 Å². The van der Waals surface area contributed by atoms with Crippen LogP contribution in [0.4, 0.5) is 0 Å². The van der Waals surface area contributed by atoms with Crippen LogP contribution >= 0.6 is 0 Å². The van der Waals surface area contributed by atoms with Gasteiger partial charge in [0.2, 0.25) is 0 Å². The Balaban J connectivity index is 3.78. The molecule has 0 unspecified atom stereocenters. The van der Waals surface area contributed by atoms with E-state index < -0.39 is 11.4 Å². The number of ether oxygens (including phenoxy) is 1. The number of hydrogen-bond acceptors (Lipinski definition) is 2. The maximum Gasteiger partial charge on any atom is 0.311 e. The molecular weight excluding hydrogens is 180 g/mol. The molecule has 0 aromatic heterocycles. The van der Waals surface area contributed by atoms with Crippen molar-refractivity contribution in [3.05, 3.63) is 0 Å². The zero-order valence-corrected chi connectivity index (χ0v) is 9.67. The van der Waals surface area contributed by atoms with Crippen molar-refractivity contribution in [2.45, 2.75) is 40.5 Å². The van der Waals surface area contributed by atoms with Crippen LogP contribution in [0.1, 0.15) is 40.5 Å². The molecule has 0 bridgehead atoms. The quantitative estimate of drug-likeness (QED) is 0.690. The lowest BCUT2D eigenvalue weighted by Crippen LogP contribution is -2.30. The highest BCUT2D eigenvalue weighted by atomic mass is 16.5. The Morgan fingerprint density at radius 3 is 2.21 bits per heavy atom. The van der Waals surface area contributed by atoms with Gasteiger partial charge in [-0.05, 0) is 19.8 Å². The number of carbonyl (C=O) groups is 1. The van der Waals surface area contributed by atoms with Crippen molar-refractivity contribution in [2.24, 2.45) is 11.3 Å². The van der Waals surface area contributed by atoms with Crippen LogP contribution in [-0.2, 0) is 9.53 Å². The van der Waals surface area contributed by atoms with Gasteiger partial charge in [-0.2, -0.15) is 0 Å². The van der Waals surface area contributed by atoms with E-state index in [9.17, 15) is 4.79 Å². The van der Waals surface area contributed by atoms with Gasteiger partial charge in [0.25, 0.3) is 0 Å². The minimum absolute atomic E-state index is 0.291. The number of carboxylic acid groups (broad SMARTS) is 1. The van der Waals surface area contributed by atoms with Crippen LogP contribution < -0.4 is 0 Å². The smallest absolute Gasteiger partial charge is 0.311 e. The van der Waals surface area contributed by atoms with E-state index in [0.717, 1.165) is 12.8 Å². The summed E-state index contributed by atoms with van der Waals surface area (Å²) in [7, 11) is 0. The molecule has 0 heterocycles. The Hall–Kier alpha value is -0.570. The second-order valence-corrected chi connectivity index (χ2v) is 4.39. The number of aliphatic carboxylic acids is 1. The van der Waals surface area contributed by atoms with Crippen molar-refractivity contribution in [3.63, 3.8) is 0 Å². The Labute approximate surface area is 86.5 Å². The van der Waals surface area contributed by atoms with Gasteiger partial charge in [0, 0.05) is 6.61 Å². The van der Waals surface area contributed by atoms with Gasteiger partial charge in [0.05, 0.1) is 12.0 Å². The van der Waals surface area contributed by atoms with E-state index in [-0.39, 0.29) is 0 Å². The molecule has 0 saturated heterocycles. The van der Waals surface area contributed by atoms with E-state index >= 15 is 0 Å². The molecule has 0 radical (unpaired) electrons. The Kier molecular flexibility index (Phi) is 5.77. The summed E-state index contributed by atoms with van der Waals surface area (Å²) in [4.78, 5) is 10.8. The molecule has 0 fully saturated rings. The molecule has 0 aromatic carbocycles. The second-order valence-electron chi connectivity index (χ2n) is 4.39. The monoisotopic (exact) mass is 202 g/mol. The normalized spacial score (nSPS) is 12.1. The molecule has 3 nitrogen and oxygen atoms in total. The van der Waals surface area contributed by atoms with Crippen molar-refractivity contribution < 1.29 is 14.6 Å². The van der Waals surface area contributed by atoms with Crippen LogP contribution in [0.15, 0.2) is 0 Å². The molecule has 0 saturated carbocycles. The van der Waals surface area contributed by atoms with Crippen molar-refractivity contribution in [3.8, 4) is 0 Å². The maximum absolute atomic E-state index is 10.8. The first-order valence-electron chi connectivity index (χ1n) is 5.25. The fourth-order valence-corrected chi connectivity index (χ4v) is 1.07. The minimum Gasteiger partial charge on any atom is -0.481 e. The summed E-state index contributed by atoms with van der Waals surface area (Å²) in [6, 6.07) is 0. The van der Waals surface area contributed by atoms with Crippen LogP contribution in [-0.4, -0.2) is 24.3 Å². The van der Waals surface area contributed by atoms with Crippen LogP contribution in [0.5, 0.6) is 0 Å².